The highest BCUT2D eigenvalue weighted by atomic mass is 15.3. The molecule has 1 aromatic heterocycles. The molecule has 0 fully saturated rings. The van der Waals surface area contributed by atoms with Crippen LogP contribution in [0.25, 0.3) is 0 Å². The van der Waals surface area contributed by atoms with E-state index in [0.717, 1.165) is 36.2 Å². The maximum Gasteiger partial charge on any atom is 0.232 e. The zero-order valence-electron chi connectivity index (χ0n) is 15.1. The van der Waals surface area contributed by atoms with Gasteiger partial charge in [-0.2, -0.15) is 4.98 Å². The molecule has 0 aliphatic carbocycles. The fourth-order valence-corrected chi connectivity index (χ4v) is 2.84. The van der Waals surface area contributed by atoms with Crippen LogP contribution >= 0.6 is 0 Å². The summed E-state index contributed by atoms with van der Waals surface area (Å²) in [6, 6.07) is 22.7. The molecular weight excluding hydrogens is 308 g/mol. The fraction of sp³-hybridized carbons (Fsp3) is 0.238. The molecule has 0 amide bonds. The van der Waals surface area contributed by atoms with E-state index in [9.17, 15) is 0 Å². The number of aromatic nitrogens is 2. The van der Waals surface area contributed by atoms with Crippen molar-refractivity contribution in [2.45, 2.75) is 20.4 Å². The van der Waals surface area contributed by atoms with Crippen LogP contribution in [0.1, 0.15) is 18.2 Å². The van der Waals surface area contributed by atoms with Crippen molar-refractivity contribution in [2.24, 2.45) is 0 Å². The first kappa shape index (κ1) is 17.0. The second-order valence-corrected chi connectivity index (χ2v) is 6.09. The third-order valence-corrected chi connectivity index (χ3v) is 4.11. The Balaban J connectivity index is 1.89. The van der Waals surface area contributed by atoms with Gasteiger partial charge in [-0.3, -0.25) is 0 Å². The molecule has 0 atom stereocenters. The first-order chi connectivity index (χ1) is 12.2. The van der Waals surface area contributed by atoms with Gasteiger partial charge in [0.1, 0.15) is 5.82 Å². The van der Waals surface area contributed by atoms with Crippen LogP contribution in [0.5, 0.6) is 0 Å². The van der Waals surface area contributed by atoms with Crippen molar-refractivity contribution in [1.82, 2.24) is 9.97 Å². The summed E-state index contributed by atoms with van der Waals surface area (Å²) in [6.45, 7) is 5.76. The average Bonchev–Trinajstić information content (AvgIpc) is 2.64. The number of rotatable bonds is 6. The molecule has 0 saturated heterocycles. The van der Waals surface area contributed by atoms with Crippen molar-refractivity contribution in [1.29, 1.82) is 0 Å². The van der Waals surface area contributed by atoms with Crippen molar-refractivity contribution in [2.75, 3.05) is 23.4 Å². The highest BCUT2D eigenvalue weighted by Crippen LogP contribution is 2.24. The van der Waals surface area contributed by atoms with E-state index in [4.69, 9.17) is 4.98 Å². The normalized spacial score (nSPS) is 10.5. The minimum atomic E-state index is 0.739. The van der Waals surface area contributed by atoms with Crippen molar-refractivity contribution in [3.63, 3.8) is 0 Å². The molecule has 4 heteroatoms. The molecule has 3 rings (SSSR count). The van der Waals surface area contributed by atoms with Gasteiger partial charge in [0.25, 0.3) is 0 Å². The van der Waals surface area contributed by atoms with Crippen LogP contribution in [0.4, 0.5) is 17.5 Å². The Bertz CT molecular complexity index is 803. The smallest absolute Gasteiger partial charge is 0.232 e. The lowest BCUT2D eigenvalue weighted by Gasteiger charge is -2.24. The van der Waals surface area contributed by atoms with Crippen molar-refractivity contribution < 1.29 is 0 Å². The molecule has 0 spiro atoms. The molecule has 0 saturated carbocycles. The quantitative estimate of drug-likeness (QED) is 0.661. The minimum absolute atomic E-state index is 0.739. The van der Waals surface area contributed by atoms with Gasteiger partial charge in [0, 0.05) is 37.6 Å². The number of para-hydroxylation sites is 1. The molecule has 3 aromatic rings. The van der Waals surface area contributed by atoms with Crippen molar-refractivity contribution in [3.05, 3.63) is 78.0 Å². The van der Waals surface area contributed by atoms with E-state index in [-0.39, 0.29) is 0 Å². The summed E-state index contributed by atoms with van der Waals surface area (Å²) in [7, 11) is 2.07. The van der Waals surface area contributed by atoms with Crippen LogP contribution in [0.2, 0.25) is 0 Å². The maximum atomic E-state index is 4.82. The van der Waals surface area contributed by atoms with E-state index >= 15 is 0 Å². The van der Waals surface area contributed by atoms with Crippen LogP contribution in [0.15, 0.2) is 66.7 Å². The molecule has 0 radical (unpaired) electrons. The van der Waals surface area contributed by atoms with Crippen molar-refractivity contribution >= 4 is 17.5 Å². The van der Waals surface area contributed by atoms with Gasteiger partial charge < -0.3 is 9.80 Å². The van der Waals surface area contributed by atoms with E-state index in [2.05, 4.69) is 65.2 Å². The molecule has 0 bridgehead atoms. The average molecular weight is 332 g/mol. The van der Waals surface area contributed by atoms with E-state index < -0.39 is 0 Å². The Hall–Kier alpha value is -2.88. The van der Waals surface area contributed by atoms with Gasteiger partial charge in [0.05, 0.1) is 0 Å². The van der Waals surface area contributed by atoms with Crippen LogP contribution < -0.4 is 9.80 Å². The van der Waals surface area contributed by atoms with Crippen LogP contribution in [0, 0.1) is 6.92 Å². The van der Waals surface area contributed by atoms with Crippen LogP contribution in [0.3, 0.4) is 0 Å². The SMILES string of the molecule is CCN(c1ccccc1)c1nc(C)cc(N(C)Cc2ccccc2)n1. The standard InChI is InChI=1S/C21H24N4/c1-4-25(19-13-9-6-10-14-19)21-22-17(2)15-20(23-21)24(3)16-18-11-7-5-8-12-18/h5-15H,4,16H2,1-3H3. The zero-order valence-corrected chi connectivity index (χ0v) is 15.1. The Kier molecular flexibility index (Phi) is 5.29. The molecule has 0 unspecified atom stereocenters. The number of anilines is 3. The molecule has 4 nitrogen and oxygen atoms in total. The Morgan fingerprint density at radius 3 is 2.16 bits per heavy atom. The summed E-state index contributed by atoms with van der Waals surface area (Å²) in [6.07, 6.45) is 0. The van der Waals surface area contributed by atoms with Gasteiger partial charge in [-0.1, -0.05) is 48.5 Å². The summed E-state index contributed by atoms with van der Waals surface area (Å²) in [4.78, 5) is 13.8. The van der Waals surface area contributed by atoms with E-state index in [1.54, 1.807) is 0 Å². The Labute approximate surface area is 149 Å². The summed E-state index contributed by atoms with van der Waals surface area (Å²) in [5, 5.41) is 0. The largest absolute Gasteiger partial charge is 0.355 e. The third-order valence-electron chi connectivity index (χ3n) is 4.11. The zero-order chi connectivity index (χ0) is 17.6. The highest BCUT2D eigenvalue weighted by molar-refractivity contribution is 5.58. The predicted octanol–water partition coefficient (Wildman–Crippen LogP) is 4.58. The van der Waals surface area contributed by atoms with Gasteiger partial charge in [-0.05, 0) is 31.5 Å². The lowest BCUT2D eigenvalue weighted by Crippen LogP contribution is -2.22. The summed E-state index contributed by atoms with van der Waals surface area (Å²) in [5.41, 5.74) is 3.33. The van der Waals surface area contributed by atoms with Gasteiger partial charge in [0.15, 0.2) is 0 Å². The van der Waals surface area contributed by atoms with E-state index in [1.165, 1.54) is 5.56 Å². The molecule has 1 heterocycles. The lowest BCUT2D eigenvalue weighted by molar-refractivity contribution is 0.867. The summed E-state index contributed by atoms with van der Waals surface area (Å²) >= 11 is 0. The Morgan fingerprint density at radius 1 is 0.880 bits per heavy atom. The van der Waals surface area contributed by atoms with E-state index in [1.807, 2.05) is 37.3 Å². The maximum absolute atomic E-state index is 4.82. The first-order valence-electron chi connectivity index (χ1n) is 8.60. The Morgan fingerprint density at radius 2 is 1.52 bits per heavy atom. The third kappa shape index (κ3) is 4.15. The number of benzene rings is 2. The van der Waals surface area contributed by atoms with Gasteiger partial charge in [-0.15, -0.1) is 0 Å². The molecule has 2 aromatic carbocycles. The van der Waals surface area contributed by atoms with Crippen molar-refractivity contribution in [3.8, 4) is 0 Å². The second-order valence-electron chi connectivity index (χ2n) is 6.09. The van der Waals surface area contributed by atoms with Crippen LogP contribution in [-0.2, 0) is 6.54 Å². The topological polar surface area (TPSA) is 32.3 Å². The molecule has 0 aliphatic rings. The lowest BCUT2D eigenvalue weighted by atomic mass is 10.2. The first-order valence-corrected chi connectivity index (χ1v) is 8.60. The second kappa shape index (κ2) is 7.79. The number of aryl methyl sites for hydroxylation is 1. The molecule has 0 N–H and O–H groups in total. The molecule has 25 heavy (non-hydrogen) atoms. The monoisotopic (exact) mass is 332 g/mol. The highest BCUT2D eigenvalue weighted by Gasteiger charge is 2.13. The molecule has 128 valence electrons. The summed E-state index contributed by atoms with van der Waals surface area (Å²) < 4.78 is 0. The van der Waals surface area contributed by atoms with E-state index in [0.29, 0.717) is 0 Å². The molecule has 0 aliphatic heterocycles. The number of hydrogen-bond donors (Lipinski definition) is 0. The van der Waals surface area contributed by atoms with Gasteiger partial charge in [-0.25, -0.2) is 4.98 Å². The number of hydrogen-bond acceptors (Lipinski definition) is 4. The predicted molar refractivity (Wildman–Crippen MR) is 104 cm³/mol. The fourth-order valence-electron chi connectivity index (χ4n) is 2.84. The minimum Gasteiger partial charge on any atom is -0.355 e. The number of nitrogens with zero attached hydrogens (tertiary/aromatic N) is 4. The molecular formula is C21H24N4. The summed E-state index contributed by atoms with van der Waals surface area (Å²) in [5.74, 6) is 1.67. The van der Waals surface area contributed by atoms with Crippen LogP contribution in [-0.4, -0.2) is 23.6 Å². The van der Waals surface area contributed by atoms with Gasteiger partial charge in [0.2, 0.25) is 5.95 Å². The van der Waals surface area contributed by atoms with Gasteiger partial charge >= 0.3 is 0 Å².